The minimum atomic E-state index is -0.310. The lowest BCUT2D eigenvalue weighted by Gasteiger charge is -2.32. The van der Waals surface area contributed by atoms with E-state index in [-0.39, 0.29) is 11.5 Å². The molecule has 0 bridgehead atoms. The smallest absolute Gasteiger partial charge is 0.0577 e. The molecule has 0 saturated carbocycles. The third-order valence-corrected chi connectivity index (χ3v) is 2.35. The van der Waals surface area contributed by atoms with E-state index in [1.807, 2.05) is 13.8 Å². The van der Waals surface area contributed by atoms with Crippen molar-refractivity contribution < 1.29 is 5.11 Å². The lowest BCUT2D eigenvalue weighted by atomic mass is 9.78. The lowest BCUT2D eigenvalue weighted by Crippen LogP contribution is -2.38. The second-order valence-electron chi connectivity index (χ2n) is 4.13. The van der Waals surface area contributed by atoms with Gasteiger partial charge in [-0.2, -0.15) is 0 Å². The Morgan fingerprint density at radius 1 is 1.36 bits per heavy atom. The summed E-state index contributed by atoms with van der Waals surface area (Å²) in [4.78, 5) is 0. The third kappa shape index (κ3) is 3.21. The standard InChI is InChI=1S/C9H21NO/c1-7(2)5-9(4,6-10)8(3)11/h7-8,11H,5-6,10H2,1-4H3. The van der Waals surface area contributed by atoms with E-state index >= 15 is 0 Å². The summed E-state index contributed by atoms with van der Waals surface area (Å²) in [5.74, 6) is 0.596. The number of hydrogen-bond acceptors (Lipinski definition) is 2. The van der Waals surface area contributed by atoms with E-state index in [2.05, 4.69) is 13.8 Å². The molecule has 0 aliphatic heterocycles. The van der Waals surface area contributed by atoms with E-state index in [1.165, 1.54) is 0 Å². The molecule has 0 rings (SSSR count). The summed E-state index contributed by atoms with van der Waals surface area (Å²) < 4.78 is 0. The van der Waals surface area contributed by atoms with Crippen molar-refractivity contribution in [3.8, 4) is 0 Å². The second-order valence-corrected chi connectivity index (χ2v) is 4.13. The van der Waals surface area contributed by atoms with Gasteiger partial charge in [0.05, 0.1) is 6.10 Å². The SMILES string of the molecule is CC(C)CC(C)(CN)C(C)O. The van der Waals surface area contributed by atoms with Crippen LogP contribution in [0, 0.1) is 11.3 Å². The molecule has 0 heterocycles. The quantitative estimate of drug-likeness (QED) is 0.651. The zero-order chi connectivity index (χ0) is 9.07. The first-order chi connectivity index (χ1) is 4.92. The first kappa shape index (κ1) is 10.9. The molecule has 2 atom stereocenters. The highest BCUT2D eigenvalue weighted by atomic mass is 16.3. The average Bonchev–Trinajstić information content (AvgIpc) is 1.86. The van der Waals surface area contributed by atoms with Crippen LogP contribution in [-0.2, 0) is 0 Å². The number of aliphatic hydroxyl groups is 1. The van der Waals surface area contributed by atoms with Crippen LogP contribution in [0.1, 0.15) is 34.1 Å². The molecule has 2 unspecified atom stereocenters. The molecule has 0 aliphatic rings. The van der Waals surface area contributed by atoms with E-state index in [9.17, 15) is 5.11 Å². The summed E-state index contributed by atoms with van der Waals surface area (Å²) in [5.41, 5.74) is 5.49. The Balaban J connectivity index is 4.10. The van der Waals surface area contributed by atoms with Gasteiger partial charge in [0.25, 0.3) is 0 Å². The molecule has 0 spiro atoms. The van der Waals surface area contributed by atoms with Gasteiger partial charge in [0, 0.05) is 12.0 Å². The molecule has 0 saturated heterocycles. The number of hydrogen-bond donors (Lipinski definition) is 2. The highest BCUT2D eigenvalue weighted by Crippen LogP contribution is 2.28. The molecule has 0 amide bonds. The molecule has 0 radical (unpaired) electrons. The third-order valence-electron chi connectivity index (χ3n) is 2.35. The molecule has 0 aromatic heterocycles. The summed E-state index contributed by atoms with van der Waals surface area (Å²) in [7, 11) is 0. The van der Waals surface area contributed by atoms with E-state index in [0.29, 0.717) is 12.5 Å². The summed E-state index contributed by atoms with van der Waals surface area (Å²) >= 11 is 0. The Morgan fingerprint density at radius 3 is 1.91 bits per heavy atom. The predicted octanol–water partition coefficient (Wildman–Crippen LogP) is 1.38. The minimum absolute atomic E-state index is 0.103. The van der Waals surface area contributed by atoms with Crippen molar-refractivity contribution in [1.29, 1.82) is 0 Å². The Morgan fingerprint density at radius 2 is 1.82 bits per heavy atom. The zero-order valence-electron chi connectivity index (χ0n) is 8.09. The van der Waals surface area contributed by atoms with Gasteiger partial charge in [-0.1, -0.05) is 20.8 Å². The average molecular weight is 159 g/mol. The van der Waals surface area contributed by atoms with Crippen LogP contribution >= 0.6 is 0 Å². The Kier molecular flexibility index (Phi) is 4.04. The molecular formula is C9H21NO. The zero-order valence-corrected chi connectivity index (χ0v) is 8.09. The molecule has 2 nitrogen and oxygen atoms in total. The monoisotopic (exact) mass is 159 g/mol. The fourth-order valence-corrected chi connectivity index (χ4v) is 1.36. The molecule has 0 aliphatic carbocycles. The first-order valence-electron chi connectivity index (χ1n) is 4.30. The molecule has 0 aromatic carbocycles. The van der Waals surface area contributed by atoms with Gasteiger partial charge in [-0.05, 0) is 19.3 Å². The van der Waals surface area contributed by atoms with Gasteiger partial charge in [0.15, 0.2) is 0 Å². The van der Waals surface area contributed by atoms with Gasteiger partial charge in [-0.25, -0.2) is 0 Å². The molecule has 2 heteroatoms. The Bertz CT molecular complexity index is 112. The summed E-state index contributed by atoms with van der Waals surface area (Å²) in [5, 5.41) is 9.44. The highest BCUT2D eigenvalue weighted by Gasteiger charge is 2.28. The number of aliphatic hydroxyl groups excluding tert-OH is 1. The van der Waals surface area contributed by atoms with Crippen LogP contribution in [0.25, 0.3) is 0 Å². The Hall–Kier alpha value is -0.0800. The molecule has 0 aromatic rings. The van der Waals surface area contributed by atoms with Crippen LogP contribution in [0.15, 0.2) is 0 Å². The fraction of sp³-hybridized carbons (Fsp3) is 1.00. The van der Waals surface area contributed by atoms with Gasteiger partial charge < -0.3 is 10.8 Å². The van der Waals surface area contributed by atoms with Gasteiger partial charge in [-0.3, -0.25) is 0 Å². The maximum absolute atomic E-state index is 9.44. The van der Waals surface area contributed by atoms with Gasteiger partial charge in [0.2, 0.25) is 0 Å². The molecular weight excluding hydrogens is 138 g/mol. The Labute approximate surface area is 69.8 Å². The van der Waals surface area contributed by atoms with Gasteiger partial charge in [-0.15, -0.1) is 0 Å². The van der Waals surface area contributed by atoms with Crippen molar-refractivity contribution >= 4 is 0 Å². The summed E-state index contributed by atoms with van der Waals surface area (Å²) in [6.45, 7) is 8.71. The van der Waals surface area contributed by atoms with Crippen LogP contribution in [0.2, 0.25) is 0 Å². The van der Waals surface area contributed by atoms with E-state index in [4.69, 9.17) is 5.73 Å². The van der Waals surface area contributed by atoms with Crippen molar-refractivity contribution in [2.24, 2.45) is 17.1 Å². The maximum Gasteiger partial charge on any atom is 0.0577 e. The first-order valence-corrected chi connectivity index (χ1v) is 4.30. The topological polar surface area (TPSA) is 46.2 Å². The van der Waals surface area contributed by atoms with Crippen molar-refractivity contribution in [2.75, 3.05) is 6.54 Å². The van der Waals surface area contributed by atoms with Crippen LogP contribution in [0.3, 0.4) is 0 Å². The van der Waals surface area contributed by atoms with Crippen LogP contribution in [-0.4, -0.2) is 17.8 Å². The van der Waals surface area contributed by atoms with Crippen LogP contribution in [0.5, 0.6) is 0 Å². The van der Waals surface area contributed by atoms with Crippen molar-refractivity contribution in [3.05, 3.63) is 0 Å². The highest BCUT2D eigenvalue weighted by molar-refractivity contribution is 4.81. The molecule has 3 N–H and O–H groups in total. The molecule has 11 heavy (non-hydrogen) atoms. The molecule has 0 fully saturated rings. The van der Waals surface area contributed by atoms with E-state index in [0.717, 1.165) is 6.42 Å². The van der Waals surface area contributed by atoms with E-state index < -0.39 is 0 Å². The number of nitrogens with two attached hydrogens (primary N) is 1. The number of rotatable bonds is 4. The summed E-state index contributed by atoms with van der Waals surface area (Å²) in [6.07, 6.45) is 0.677. The minimum Gasteiger partial charge on any atom is -0.393 e. The second kappa shape index (κ2) is 4.07. The van der Waals surface area contributed by atoms with Crippen molar-refractivity contribution in [1.82, 2.24) is 0 Å². The normalized spacial score (nSPS) is 19.9. The van der Waals surface area contributed by atoms with E-state index in [1.54, 1.807) is 0 Å². The van der Waals surface area contributed by atoms with Crippen molar-refractivity contribution in [3.63, 3.8) is 0 Å². The summed E-state index contributed by atoms with van der Waals surface area (Å²) in [6, 6.07) is 0. The molecule has 68 valence electrons. The van der Waals surface area contributed by atoms with Gasteiger partial charge in [0.1, 0.15) is 0 Å². The van der Waals surface area contributed by atoms with Crippen molar-refractivity contribution in [2.45, 2.75) is 40.2 Å². The lowest BCUT2D eigenvalue weighted by molar-refractivity contribution is 0.0427. The largest absolute Gasteiger partial charge is 0.393 e. The van der Waals surface area contributed by atoms with Crippen LogP contribution in [0.4, 0.5) is 0 Å². The van der Waals surface area contributed by atoms with Gasteiger partial charge >= 0.3 is 0 Å². The fourth-order valence-electron chi connectivity index (χ4n) is 1.36. The van der Waals surface area contributed by atoms with Crippen LogP contribution < -0.4 is 5.73 Å². The predicted molar refractivity (Wildman–Crippen MR) is 48.3 cm³/mol. The maximum atomic E-state index is 9.44.